The van der Waals surface area contributed by atoms with E-state index in [9.17, 15) is 0 Å². The summed E-state index contributed by atoms with van der Waals surface area (Å²) in [5.41, 5.74) is 2.10. The second kappa shape index (κ2) is 5.07. The van der Waals surface area contributed by atoms with Gasteiger partial charge in [-0.25, -0.2) is 4.98 Å². The molecular weight excluding hydrogens is 243 g/mol. The molecule has 0 aliphatic heterocycles. The van der Waals surface area contributed by atoms with Crippen LogP contribution in [-0.4, -0.2) is 15.4 Å². The first-order valence-electron chi connectivity index (χ1n) is 5.47. The number of alkyl halides is 1. The maximum atomic E-state index is 5.96. The SMILES string of the molecule is CCCn1c(CCCl)nc2cc(Cl)ccc21. The van der Waals surface area contributed by atoms with Gasteiger partial charge in [0.15, 0.2) is 0 Å². The number of hydrogen-bond acceptors (Lipinski definition) is 1. The highest BCUT2D eigenvalue weighted by atomic mass is 35.5. The second-order valence-corrected chi connectivity index (χ2v) is 4.57. The van der Waals surface area contributed by atoms with Gasteiger partial charge in [0, 0.05) is 23.9 Å². The molecule has 2 aromatic rings. The number of imidazole rings is 1. The van der Waals surface area contributed by atoms with E-state index in [1.807, 2.05) is 18.2 Å². The first-order chi connectivity index (χ1) is 7.76. The molecule has 0 N–H and O–H groups in total. The van der Waals surface area contributed by atoms with Crippen LogP contribution in [0, 0.1) is 0 Å². The molecule has 1 aromatic carbocycles. The standard InChI is InChI=1S/C12H14Cl2N2/c1-2-7-16-11-4-3-9(14)8-10(11)15-12(16)5-6-13/h3-4,8H,2,5-7H2,1H3. The molecule has 0 aliphatic rings. The fraction of sp³-hybridized carbons (Fsp3) is 0.417. The molecule has 16 heavy (non-hydrogen) atoms. The Morgan fingerprint density at radius 3 is 2.88 bits per heavy atom. The third kappa shape index (κ3) is 2.18. The van der Waals surface area contributed by atoms with E-state index in [-0.39, 0.29) is 0 Å². The van der Waals surface area contributed by atoms with Crippen LogP contribution in [0.5, 0.6) is 0 Å². The minimum absolute atomic E-state index is 0.598. The van der Waals surface area contributed by atoms with Crippen LogP contribution < -0.4 is 0 Å². The topological polar surface area (TPSA) is 17.8 Å². The average molecular weight is 257 g/mol. The molecule has 2 rings (SSSR count). The van der Waals surface area contributed by atoms with Crippen molar-refractivity contribution in [3.8, 4) is 0 Å². The monoisotopic (exact) mass is 256 g/mol. The Hall–Kier alpha value is -0.730. The fourth-order valence-corrected chi connectivity index (χ4v) is 2.24. The minimum atomic E-state index is 0.598. The van der Waals surface area contributed by atoms with Gasteiger partial charge in [-0.3, -0.25) is 0 Å². The Morgan fingerprint density at radius 2 is 2.19 bits per heavy atom. The van der Waals surface area contributed by atoms with Crippen molar-refractivity contribution in [3.05, 3.63) is 29.0 Å². The van der Waals surface area contributed by atoms with E-state index in [4.69, 9.17) is 23.2 Å². The molecule has 0 fully saturated rings. The van der Waals surface area contributed by atoms with Gasteiger partial charge in [-0.2, -0.15) is 0 Å². The van der Waals surface area contributed by atoms with Crippen molar-refractivity contribution in [2.45, 2.75) is 26.3 Å². The molecule has 0 radical (unpaired) electrons. The Morgan fingerprint density at radius 1 is 1.38 bits per heavy atom. The van der Waals surface area contributed by atoms with E-state index in [2.05, 4.69) is 16.5 Å². The Balaban J connectivity index is 2.56. The first-order valence-corrected chi connectivity index (χ1v) is 6.38. The highest BCUT2D eigenvalue weighted by Gasteiger charge is 2.09. The van der Waals surface area contributed by atoms with Crippen LogP contribution in [-0.2, 0) is 13.0 Å². The Kier molecular flexibility index (Phi) is 3.72. The molecule has 0 atom stereocenters. The normalized spacial score (nSPS) is 11.2. The smallest absolute Gasteiger partial charge is 0.111 e. The van der Waals surface area contributed by atoms with Gasteiger partial charge >= 0.3 is 0 Å². The zero-order valence-electron chi connectivity index (χ0n) is 9.21. The van der Waals surface area contributed by atoms with E-state index >= 15 is 0 Å². The summed E-state index contributed by atoms with van der Waals surface area (Å²) in [6.07, 6.45) is 1.89. The van der Waals surface area contributed by atoms with Crippen LogP contribution in [0.15, 0.2) is 18.2 Å². The van der Waals surface area contributed by atoms with Crippen LogP contribution in [0.25, 0.3) is 11.0 Å². The van der Waals surface area contributed by atoms with Crippen molar-refractivity contribution < 1.29 is 0 Å². The lowest BCUT2D eigenvalue weighted by Crippen LogP contribution is -2.03. The number of rotatable bonds is 4. The second-order valence-electron chi connectivity index (χ2n) is 3.75. The van der Waals surface area contributed by atoms with Gasteiger partial charge in [0.05, 0.1) is 11.0 Å². The van der Waals surface area contributed by atoms with Crippen molar-refractivity contribution >= 4 is 34.2 Å². The predicted octanol–water partition coefficient (Wildman–Crippen LogP) is 3.88. The summed E-state index contributed by atoms with van der Waals surface area (Å²) in [4.78, 5) is 4.58. The Bertz CT molecular complexity index is 491. The lowest BCUT2D eigenvalue weighted by Gasteiger charge is -2.06. The summed E-state index contributed by atoms with van der Waals surface area (Å²) in [6, 6.07) is 5.83. The molecular formula is C12H14Cl2N2. The van der Waals surface area contributed by atoms with Gasteiger partial charge in [-0.15, -0.1) is 11.6 Å². The third-order valence-corrected chi connectivity index (χ3v) is 2.98. The molecule has 2 nitrogen and oxygen atoms in total. The summed E-state index contributed by atoms with van der Waals surface area (Å²) >= 11 is 11.7. The van der Waals surface area contributed by atoms with Gasteiger partial charge in [-0.1, -0.05) is 18.5 Å². The van der Waals surface area contributed by atoms with Crippen molar-refractivity contribution in [1.82, 2.24) is 9.55 Å². The number of aryl methyl sites for hydroxylation is 2. The number of benzene rings is 1. The maximum absolute atomic E-state index is 5.96. The quantitative estimate of drug-likeness (QED) is 0.760. The number of fused-ring (bicyclic) bond motifs is 1. The lowest BCUT2D eigenvalue weighted by atomic mass is 10.3. The zero-order chi connectivity index (χ0) is 11.5. The third-order valence-electron chi connectivity index (χ3n) is 2.55. The number of halogens is 2. The van der Waals surface area contributed by atoms with E-state index in [0.717, 1.165) is 41.3 Å². The van der Waals surface area contributed by atoms with Crippen molar-refractivity contribution in [1.29, 1.82) is 0 Å². The summed E-state index contributed by atoms with van der Waals surface area (Å²) < 4.78 is 2.23. The molecule has 0 saturated heterocycles. The average Bonchev–Trinajstić information content (AvgIpc) is 2.57. The summed E-state index contributed by atoms with van der Waals surface area (Å²) in [5.74, 6) is 1.65. The van der Waals surface area contributed by atoms with Gasteiger partial charge in [-0.05, 0) is 24.6 Å². The van der Waals surface area contributed by atoms with Crippen molar-refractivity contribution in [3.63, 3.8) is 0 Å². The van der Waals surface area contributed by atoms with Crippen molar-refractivity contribution in [2.24, 2.45) is 0 Å². The number of nitrogens with zero attached hydrogens (tertiary/aromatic N) is 2. The van der Waals surface area contributed by atoms with Crippen LogP contribution in [0.3, 0.4) is 0 Å². The minimum Gasteiger partial charge on any atom is -0.328 e. The van der Waals surface area contributed by atoms with Gasteiger partial charge in [0.2, 0.25) is 0 Å². The van der Waals surface area contributed by atoms with E-state index in [1.165, 1.54) is 0 Å². The largest absolute Gasteiger partial charge is 0.328 e. The summed E-state index contributed by atoms with van der Waals surface area (Å²) in [6.45, 7) is 3.14. The molecule has 0 unspecified atom stereocenters. The molecule has 86 valence electrons. The predicted molar refractivity (Wildman–Crippen MR) is 69.5 cm³/mol. The van der Waals surface area contributed by atoms with Gasteiger partial charge in [0.25, 0.3) is 0 Å². The molecule has 0 aliphatic carbocycles. The molecule has 0 saturated carbocycles. The highest BCUT2D eigenvalue weighted by Crippen LogP contribution is 2.21. The van der Waals surface area contributed by atoms with Crippen LogP contribution in [0.2, 0.25) is 5.02 Å². The summed E-state index contributed by atoms with van der Waals surface area (Å²) in [5, 5.41) is 0.728. The molecule has 0 spiro atoms. The van der Waals surface area contributed by atoms with Crippen LogP contribution in [0.4, 0.5) is 0 Å². The Labute approximate surface area is 105 Å². The first kappa shape index (κ1) is 11.7. The molecule has 1 aromatic heterocycles. The van der Waals surface area contributed by atoms with Gasteiger partial charge in [0.1, 0.15) is 5.82 Å². The van der Waals surface area contributed by atoms with E-state index in [0.29, 0.717) is 5.88 Å². The van der Waals surface area contributed by atoms with Crippen LogP contribution >= 0.6 is 23.2 Å². The summed E-state index contributed by atoms with van der Waals surface area (Å²) in [7, 11) is 0. The number of aromatic nitrogens is 2. The molecule has 4 heteroatoms. The zero-order valence-corrected chi connectivity index (χ0v) is 10.7. The highest BCUT2D eigenvalue weighted by molar-refractivity contribution is 6.31. The molecule has 1 heterocycles. The van der Waals surface area contributed by atoms with Crippen LogP contribution in [0.1, 0.15) is 19.2 Å². The molecule has 0 bridgehead atoms. The van der Waals surface area contributed by atoms with Gasteiger partial charge < -0.3 is 4.57 Å². The van der Waals surface area contributed by atoms with E-state index in [1.54, 1.807) is 0 Å². The van der Waals surface area contributed by atoms with E-state index < -0.39 is 0 Å². The molecule has 0 amide bonds. The van der Waals surface area contributed by atoms with Crippen molar-refractivity contribution in [2.75, 3.05) is 5.88 Å². The lowest BCUT2D eigenvalue weighted by molar-refractivity contribution is 0.660. The number of hydrogen-bond donors (Lipinski definition) is 0. The maximum Gasteiger partial charge on any atom is 0.111 e. The fourth-order valence-electron chi connectivity index (χ4n) is 1.90.